The van der Waals surface area contributed by atoms with Crippen LogP contribution in [0.15, 0.2) is 34.3 Å². The predicted molar refractivity (Wildman–Crippen MR) is 98.4 cm³/mol. The van der Waals surface area contributed by atoms with Crippen LogP contribution in [0.2, 0.25) is 0 Å². The van der Waals surface area contributed by atoms with Crippen molar-refractivity contribution < 1.29 is 10.0 Å². The molecule has 25 heavy (non-hydrogen) atoms. The van der Waals surface area contributed by atoms with Crippen LogP contribution in [-0.4, -0.2) is 28.1 Å². The third-order valence-electron chi connectivity index (χ3n) is 4.69. The van der Waals surface area contributed by atoms with E-state index >= 15 is 0 Å². The second kappa shape index (κ2) is 10.6. The van der Waals surface area contributed by atoms with E-state index in [9.17, 15) is 10.1 Å². The van der Waals surface area contributed by atoms with E-state index in [0.717, 1.165) is 0 Å². The van der Waals surface area contributed by atoms with E-state index in [4.69, 9.17) is 5.11 Å². The van der Waals surface area contributed by atoms with Gasteiger partial charge in [0.1, 0.15) is 5.75 Å². The van der Waals surface area contributed by atoms with Gasteiger partial charge >= 0.3 is 0 Å². The van der Waals surface area contributed by atoms with Crippen LogP contribution in [0, 0.1) is 10.1 Å². The van der Waals surface area contributed by atoms with Crippen LogP contribution in [-0.2, 0) is 0 Å². The molecule has 2 aliphatic carbocycles. The molecule has 2 saturated carbocycles. The normalized spacial score (nSPS) is 18.4. The van der Waals surface area contributed by atoms with Crippen molar-refractivity contribution in [3.05, 3.63) is 34.4 Å². The number of nitro benzene ring substituents is 1. The Morgan fingerprint density at radius 3 is 1.72 bits per heavy atom. The van der Waals surface area contributed by atoms with Crippen molar-refractivity contribution in [2.24, 2.45) is 9.98 Å². The van der Waals surface area contributed by atoms with E-state index in [1.807, 2.05) is 0 Å². The molecule has 0 atom stereocenters. The van der Waals surface area contributed by atoms with Crippen molar-refractivity contribution in [1.29, 1.82) is 0 Å². The summed E-state index contributed by atoms with van der Waals surface area (Å²) in [7, 11) is 0. The molecular weight excluding hydrogens is 318 g/mol. The van der Waals surface area contributed by atoms with Gasteiger partial charge in [0.05, 0.1) is 23.0 Å². The molecule has 6 nitrogen and oxygen atoms in total. The van der Waals surface area contributed by atoms with Crippen molar-refractivity contribution in [2.45, 2.75) is 76.3 Å². The highest BCUT2D eigenvalue weighted by Gasteiger charge is 2.12. The number of rotatable bonds is 3. The number of benzene rings is 1. The summed E-state index contributed by atoms with van der Waals surface area (Å²) in [4.78, 5) is 18.4. The van der Waals surface area contributed by atoms with E-state index in [-0.39, 0.29) is 11.4 Å². The van der Waals surface area contributed by atoms with E-state index in [2.05, 4.69) is 16.0 Å². The molecule has 2 fully saturated rings. The lowest BCUT2D eigenvalue weighted by atomic mass is 9.96. The Balaban J connectivity index is 0.000000196. The first-order valence-corrected chi connectivity index (χ1v) is 9.23. The minimum absolute atomic E-state index is 0.0159. The van der Waals surface area contributed by atoms with Crippen LogP contribution in [0.1, 0.15) is 64.2 Å². The molecule has 0 spiro atoms. The summed E-state index contributed by atoms with van der Waals surface area (Å²) in [5, 5.41) is 18.8. The standard InChI is InChI=1S/C13H22N2.C6H5NO3/c1-3-7-12(8-4-1)14-11-15-13-9-5-2-6-10-13;8-6-3-1-5(2-4-6)7(9)10/h12-13H,1-10H2;1-4,8H. The third kappa shape index (κ3) is 7.48. The molecule has 0 aromatic heterocycles. The topological polar surface area (TPSA) is 88.1 Å². The Kier molecular flexibility index (Phi) is 8.13. The van der Waals surface area contributed by atoms with Gasteiger partial charge in [-0.25, -0.2) is 9.98 Å². The summed E-state index contributed by atoms with van der Waals surface area (Å²) < 4.78 is 0. The van der Waals surface area contributed by atoms with Gasteiger partial charge in [-0.3, -0.25) is 10.1 Å². The first kappa shape index (κ1) is 19.1. The Morgan fingerprint density at radius 2 is 1.32 bits per heavy atom. The number of hydrogen-bond acceptors (Lipinski definition) is 5. The first-order valence-electron chi connectivity index (χ1n) is 9.23. The maximum Gasteiger partial charge on any atom is 0.269 e. The van der Waals surface area contributed by atoms with Crippen molar-refractivity contribution in [2.75, 3.05) is 0 Å². The van der Waals surface area contributed by atoms with Gasteiger partial charge in [0.15, 0.2) is 0 Å². The lowest BCUT2D eigenvalue weighted by molar-refractivity contribution is -0.384. The zero-order chi connectivity index (χ0) is 17.9. The van der Waals surface area contributed by atoms with E-state index in [1.165, 1.54) is 88.5 Å². The van der Waals surface area contributed by atoms with Crippen molar-refractivity contribution in [1.82, 2.24) is 0 Å². The molecule has 0 aliphatic heterocycles. The van der Waals surface area contributed by atoms with Gasteiger partial charge < -0.3 is 5.11 Å². The maximum absolute atomic E-state index is 10.0. The summed E-state index contributed by atoms with van der Waals surface area (Å²) in [6, 6.07) is 9.08. The van der Waals surface area contributed by atoms with Crippen molar-refractivity contribution >= 4 is 11.7 Å². The van der Waals surface area contributed by atoms with Crippen molar-refractivity contribution in [3.63, 3.8) is 0 Å². The molecule has 2 aliphatic rings. The quantitative estimate of drug-likeness (QED) is 0.468. The molecule has 0 radical (unpaired) electrons. The minimum Gasteiger partial charge on any atom is -0.508 e. The van der Waals surface area contributed by atoms with Crippen LogP contribution in [0.5, 0.6) is 5.75 Å². The number of phenolic OH excluding ortho intramolecular Hbond substituents is 1. The average molecular weight is 345 g/mol. The zero-order valence-electron chi connectivity index (χ0n) is 14.6. The van der Waals surface area contributed by atoms with Crippen molar-refractivity contribution in [3.8, 4) is 5.75 Å². The molecule has 6 heteroatoms. The van der Waals surface area contributed by atoms with Gasteiger partial charge in [-0.15, -0.1) is 0 Å². The van der Waals surface area contributed by atoms with E-state index in [1.54, 1.807) is 0 Å². The number of non-ortho nitro benzene ring substituents is 1. The number of nitrogens with zero attached hydrogens (tertiary/aromatic N) is 3. The summed E-state index contributed by atoms with van der Waals surface area (Å²) >= 11 is 0. The Bertz CT molecular complexity index is 560. The lowest BCUT2D eigenvalue weighted by Gasteiger charge is -2.17. The molecule has 0 amide bonds. The highest BCUT2D eigenvalue weighted by Crippen LogP contribution is 2.21. The summed E-state index contributed by atoms with van der Waals surface area (Å²) in [6.45, 7) is 0. The summed E-state index contributed by atoms with van der Waals surface area (Å²) in [5.74, 6) is 0.0330. The van der Waals surface area contributed by atoms with Gasteiger partial charge in [-0.05, 0) is 37.8 Å². The number of aliphatic imine (C=N–C) groups is 2. The second-order valence-corrected chi connectivity index (χ2v) is 6.72. The number of phenols is 1. The summed E-state index contributed by atoms with van der Waals surface area (Å²) in [5.41, 5.74) is -0.0159. The molecule has 0 bridgehead atoms. The van der Waals surface area contributed by atoms with E-state index < -0.39 is 4.92 Å². The van der Waals surface area contributed by atoms with Gasteiger partial charge in [-0.1, -0.05) is 38.5 Å². The average Bonchev–Trinajstić information content (AvgIpc) is 2.64. The number of hydrogen-bond donors (Lipinski definition) is 1. The highest BCUT2D eigenvalue weighted by molar-refractivity contribution is 5.42. The molecule has 3 rings (SSSR count). The largest absolute Gasteiger partial charge is 0.508 e. The molecule has 0 heterocycles. The zero-order valence-corrected chi connectivity index (χ0v) is 14.6. The molecule has 1 aromatic carbocycles. The second-order valence-electron chi connectivity index (χ2n) is 6.72. The van der Waals surface area contributed by atoms with Crippen LogP contribution < -0.4 is 0 Å². The minimum atomic E-state index is -0.514. The Morgan fingerprint density at radius 1 is 0.880 bits per heavy atom. The van der Waals surface area contributed by atoms with Gasteiger partial charge in [0, 0.05) is 12.1 Å². The highest BCUT2D eigenvalue weighted by atomic mass is 16.6. The Hall–Kier alpha value is -2.20. The molecule has 1 N–H and O–H groups in total. The predicted octanol–water partition coefficient (Wildman–Crippen LogP) is 5.13. The number of aromatic hydroxyl groups is 1. The van der Waals surface area contributed by atoms with Crippen LogP contribution >= 0.6 is 0 Å². The smallest absolute Gasteiger partial charge is 0.269 e. The molecular formula is C19H27N3O3. The lowest BCUT2D eigenvalue weighted by Crippen LogP contribution is -2.10. The first-order chi connectivity index (χ1) is 12.1. The van der Waals surface area contributed by atoms with Crippen LogP contribution in [0.3, 0.4) is 0 Å². The summed E-state index contributed by atoms with van der Waals surface area (Å²) in [6.07, 6.45) is 13.2. The number of nitro groups is 1. The van der Waals surface area contributed by atoms with Crippen LogP contribution in [0.4, 0.5) is 5.69 Å². The molecule has 0 unspecified atom stereocenters. The fraction of sp³-hybridized carbons (Fsp3) is 0.632. The third-order valence-corrected chi connectivity index (χ3v) is 4.69. The molecule has 0 saturated heterocycles. The SMILES string of the molecule is C(=NC1CCCCC1)=NC1CCCCC1.O=[N+]([O-])c1ccc(O)cc1. The van der Waals surface area contributed by atoms with Crippen LogP contribution in [0.25, 0.3) is 0 Å². The molecule has 1 aromatic rings. The van der Waals surface area contributed by atoms with Gasteiger partial charge in [-0.2, -0.15) is 0 Å². The Labute approximate surface area is 148 Å². The monoisotopic (exact) mass is 345 g/mol. The molecule has 136 valence electrons. The fourth-order valence-electron chi connectivity index (χ4n) is 3.19. The van der Waals surface area contributed by atoms with E-state index in [0.29, 0.717) is 12.1 Å². The maximum atomic E-state index is 10.0. The van der Waals surface area contributed by atoms with Gasteiger partial charge in [0.25, 0.3) is 5.69 Å². The fourth-order valence-corrected chi connectivity index (χ4v) is 3.19. The van der Waals surface area contributed by atoms with Gasteiger partial charge in [0.2, 0.25) is 0 Å².